The molecule has 3 rings (SSSR count). The number of nitrogens with one attached hydrogen (secondary N) is 2. The van der Waals surface area contributed by atoms with Crippen LogP contribution in [0.15, 0.2) is 29.3 Å². The van der Waals surface area contributed by atoms with Crippen molar-refractivity contribution in [1.82, 2.24) is 15.5 Å². The molecular formula is C19H30ClIN4O. The Balaban J connectivity index is 0.00000243. The molecule has 0 bridgehead atoms. The summed E-state index contributed by atoms with van der Waals surface area (Å²) < 4.78 is 5.39. The van der Waals surface area contributed by atoms with Gasteiger partial charge in [-0.05, 0) is 37.5 Å². The summed E-state index contributed by atoms with van der Waals surface area (Å²) in [6.07, 6.45) is 2.40. The topological polar surface area (TPSA) is 48.9 Å². The molecule has 146 valence electrons. The van der Waals surface area contributed by atoms with Gasteiger partial charge >= 0.3 is 0 Å². The van der Waals surface area contributed by atoms with Crippen molar-refractivity contribution in [3.8, 4) is 0 Å². The lowest BCUT2D eigenvalue weighted by Crippen LogP contribution is -2.44. The molecule has 5 nitrogen and oxygen atoms in total. The highest BCUT2D eigenvalue weighted by Gasteiger charge is 2.44. The zero-order chi connectivity index (χ0) is 17.5. The van der Waals surface area contributed by atoms with Gasteiger partial charge in [-0.3, -0.25) is 9.89 Å². The second kappa shape index (κ2) is 10.7. The van der Waals surface area contributed by atoms with Crippen LogP contribution in [0.4, 0.5) is 0 Å². The van der Waals surface area contributed by atoms with Crippen LogP contribution in [0.5, 0.6) is 0 Å². The number of aliphatic imine (C=N–C) groups is 1. The fraction of sp³-hybridized carbons (Fsp3) is 0.632. The van der Waals surface area contributed by atoms with Crippen LogP contribution < -0.4 is 10.6 Å². The highest BCUT2D eigenvalue weighted by Crippen LogP contribution is 2.48. The van der Waals surface area contributed by atoms with E-state index in [1.54, 1.807) is 0 Å². The molecule has 1 aliphatic heterocycles. The van der Waals surface area contributed by atoms with Crippen molar-refractivity contribution < 1.29 is 4.74 Å². The molecule has 1 heterocycles. The van der Waals surface area contributed by atoms with Crippen LogP contribution in [0.1, 0.15) is 25.3 Å². The molecule has 0 radical (unpaired) electrons. The van der Waals surface area contributed by atoms with E-state index >= 15 is 0 Å². The normalized spacial score (nSPS) is 19.5. The molecule has 1 saturated carbocycles. The van der Waals surface area contributed by atoms with Gasteiger partial charge in [-0.1, -0.05) is 23.7 Å². The molecule has 0 unspecified atom stereocenters. The van der Waals surface area contributed by atoms with Gasteiger partial charge < -0.3 is 15.4 Å². The summed E-state index contributed by atoms with van der Waals surface area (Å²) >= 11 is 6.01. The van der Waals surface area contributed by atoms with Crippen LogP contribution >= 0.6 is 35.6 Å². The number of hydrogen-bond donors (Lipinski definition) is 2. The predicted molar refractivity (Wildman–Crippen MR) is 119 cm³/mol. The van der Waals surface area contributed by atoms with Crippen molar-refractivity contribution >= 4 is 41.5 Å². The first-order valence-corrected chi connectivity index (χ1v) is 9.68. The molecular weight excluding hydrogens is 463 g/mol. The van der Waals surface area contributed by atoms with E-state index in [0.29, 0.717) is 0 Å². The van der Waals surface area contributed by atoms with Crippen molar-refractivity contribution in [3.05, 3.63) is 34.9 Å². The monoisotopic (exact) mass is 492 g/mol. The molecule has 0 amide bonds. The predicted octanol–water partition coefficient (Wildman–Crippen LogP) is 2.88. The molecule has 1 aromatic rings. The minimum Gasteiger partial charge on any atom is -0.379 e. The highest BCUT2D eigenvalue weighted by atomic mass is 127. The summed E-state index contributed by atoms with van der Waals surface area (Å²) in [5, 5.41) is 7.61. The summed E-state index contributed by atoms with van der Waals surface area (Å²) in [7, 11) is 0. The molecule has 0 spiro atoms. The van der Waals surface area contributed by atoms with Gasteiger partial charge in [0.25, 0.3) is 0 Å². The van der Waals surface area contributed by atoms with Crippen LogP contribution in [0.3, 0.4) is 0 Å². The number of halogens is 2. The summed E-state index contributed by atoms with van der Waals surface area (Å²) in [4.78, 5) is 7.27. The van der Waals surface area contributed by atoms with E-state index in [2.05, 4.69) is 34.6 Å². The molecule has 7 heteroatoms. The van der Waals surface area contributed by atoms with Crippen LogP contribution in [0.2, 0.25) is 5.02 Å². The first-order valence-electron chi connectivity index (χ1n) is 9.30. The second-order valence-corrected chi connectivity index (χ2v) is 7.30. The lowest BCUT2D eigenvalue weighted by molar-refractivity contribution is 0.0389. The smallest absolute Gasteiger partial charge is 0.191 e. The molecule has 2 aliphatic rings. The fourth-order valence-corrected chi connectivity index (χ4v) is 3.35. The van der Waals surface area contributed by atoms with Crippen LogP contribution in [-0.2, 0) is 10.2 Å². The molecule has 1 saturated heterocycles. The summed E-state index contributed by atoms with van der Waals surface area (Å²) in [6, 6.07) is 8.24. The summed E-state index contributed by atoms with van der Waals surface area (Å²) in [5.41, 5.74) is 1.56. The van der Waals surface area contributed by atoms with Gasteiger partial charge in [-0.15, -0.1) is 24.0 Å². The number of guanidine groups is 1. The fourth-order valence-electron chi connectivity index (χ4n) is 3.22. The van der Waals surface area contributed by atoms with Crippen molar-refractivity contribution in [3.63, 3.8) is 0 Å². The minimum atomic E-state index is 0. The Morgan fingerprint density at radius 3 is 2.50 bits per heavy atom. The first-order chi connectivity index (χ1) is 12.2. The maximum atomic E-state index is 6.01. The van der Waals surface area contributed by atoms with Crippen molar-refractivity contribution in [2.75, 3.05) is 52.5 Å². The lowest BCUT2D eigenvalue weighted by atomic mass is 9.96. The lowest BCUT2D eigenvalue weighted by Gasteiger charge is -2.26. The van der Waals surface area contributed by atoms with Gasteiger partial charge in [-0.25, -0.2) is 0 Å². The Hall–Kier alpha value is -0.570. The van der Waals surface area contributed by atoms with E-state index in [1.807, 2.05) is 12.1 Å². The van der Waals surface area contributed by atoms with Crippen molar-refractivity contribution in [2.45, 2.75) is 25.2 Å². The molecule has 2 fully saturated rings. The van der Waals surface area contributed by atoms with Gasteiger partial charge in [0.15, 0.2) is 5.96 Å². The maximum absolute atomic E-state index is 6.01. The Bertz CT molecular complexity index is 571. The van der Waals surface area contributed by atoms with E-state index in [0.717, 1.165) is 63.5 Å². The van der Waals surface area contributed by atoms with Crippen LogP contribution in [0, 0.1) is 0 Å². The quantitative estimate of drug-likeness (QED) is 0.349. The first kappa shape index (κ1) is 21.7. The van der Waals surface area contributed by atoms with Gasteiger partial charge in [0, 0.05) is 43.2 Å². The average molecular weight is 493 g/mol. The van der Waals surface area contributed by atoms with Gasteiger partial charge in [0.1, 0.15) is 0 Å². The SMILES string of the molecule is CCNC(=NCC1(c2ccc(Cl)cc2)CC1)NCCN1CCOCC1.I. The minimum absolute atomic E-state index is 0. The molecule has 0 atom stereocenters. The molecule has 26 heavy (non-hydrogen) atoms. The zero-order valence-electron chi connectivity index (χ0n) is 15.5. The van der Waals surface area contributed by atoms with Gasteiger partial charge in [0.2, 0.25) is 0 Å². The summed E-state index contributed by atoms with van der Waals surface area (Å²) in [6.45, 7) is 9.46. The molecule has 0 aromatic heterocycles. The Kier molecular flexibility index (Phi) is 8.93. The number of benzene rings is 1. The highest BCUT2D eigenvalue weighted by molar-refractivity contribution is 14.0. The molecule has 1 aliphatic carbocycles. The van der Waals surface area contributed by atoms with Crippen LogP contribution in [0.25, 0.3) is 0 Å². The maximum Gasteiger partial charge on any atom is 0.191 e. The van der Waals surface area contributed by atoms with Gasteiger partial charge in [0.05, 0.1) is 19.8 Å². The van der Waals surface area contributed by atoms with Crippen LogP contribution in [-0.4, -0.2) is 63.3 Å². The van der Waals surface area contributed by atoms with Crippen molar-refractivity contribution in [1.29, 1.82) is 0 Å². The van der Waals surface area contributed by atoms with Gasteiger partial charge in [-0.2, -0.15) is 0 Å². The molecule has 2 N–H and O–H groups in total. The third-order valence-electron chi connectivity index (χ3n) is 5.02. The Labute approximate surface area is 178 Å². The molecule has 1 aromatic carbocycles. The Morgan fingerprint density at radius 1 is 1.19 bits per heavy atom. The Morgan fingerprint density at radius 2 is 1.88 bits per heavy atom. The number of morpholine rings is 1. The third-order valence-corrected chi connectivity index (χ3v) is 5.27. The summed E-state index contributed by atoms with van der Waals surface area (Å²) in [5.74, 6) is 0.913. The second-order valence-electron chi connectivity index (χ2n) is 6.86. The largest absolute Gasteiger partial charge is 0.379 e. The van der Waals surface area contributed by atoms with E-state index in [-0.39, 0.29) is 29.4 Å². The van der Waals surface area contributed by atoms with E-state index in [4.69, 9.17) is 21.3 Å². The van der Waals surface area contributed by atoms with E-state index < -0.39 is 0 Å². The standard InChI is InChI=1S/C19H29ClN4O.HI/c1-2-21-18(22-9-10-24-11-13-25-14-12-24)23-15-19(7-8-19)16-3-5-17(20)6-4-16;/h3-6H,2,7-15H2,1H3,(H2,21,22,23);1H. The van der Waals surface area contributed by atoms with Crippen molar-refractivity contribution in [2.24, 2.45) is 4.99 Å². The number of hydrogen-bond acceptors (Lipinski definition) is 3. The average Bonchev–Trinajstić information content (AvgIpc) is 3.42. The third kappa shape index (κ3) is 6.25. The number of rotatable bonds is 7. The number of ether oxygens (including phenoxy) is 1. The van der Waals surface area contributed by atoms with E-state index in [9.17, 15) is 0 Å². The van der Waals surface area contributed by atoms with E-state index in [1.165, 1.54) is 18.4 Å². The number of nitrogens with zero attached hydrogens (tertiary/aromatic N) is 2. The zero-order valence-corrected chi connectivity index (χ0v) is 18.6.